The van der Waals surface area contributed by atoms with Gasteiger partial charge in [-0.05, 0) is 49.3 Å². The molecule has 0 amide bonds. The number of aliphatic imine (C=N–C) groups is 1. The topological polar surface area (TPSA) is 61.8 Å². The standard InChI is InChI=1S/C16H25N3O.HI/c1-13-4-3-11-19(12-13)16(17)18-10-2-5-14-6-8-15(20)9-7-14;/h6-9,13,20H,2-5,10-12H2,1H3,(H2,17,18);1H. The summed E-state index contributed by atoms with van der Waals surface area (Å²) in [5.41, 5.74) is 7.28. The number of nitrogens with zero attached hydrogens (tertiary/aromatic N) is 2. The Morgan fingerprint density at radius 1 is 1.38 bits per heavy atom. The Morgan fingerprint density at radius 2 is 2.10 bits per heavy atom. The van der Waals surface area contributed by atoms with Gasteiger partial charge < -0.3 is 15.7 Å². The maximum Gasteiger partial charge on any atom is 0.191 e. The maximum atomic E-state index is 9.22. The number of benzene rings is 1. The van der Waals surface area contributed by atoms with Crippen molar-refractivity contribution in [1.82, 2.24) is 4.90 Å². The molecule has 1 aromatic carbocycles. The third kappa shape index (κ3) is 6.11. The third-order valence-electron chi connectivity index (χ3n) is 3.81. The van der Waals surface area contributed by atoms with Crippen LogP contribution in [-0.2, 0) is 6.42 Å². The van der Waals surface area contributed by atoms with Gasteiger partial charge >= 0.3 is 0 Å². The number of piperidine rings is 1. The van der Waals surface area contributed by atoms with E-state index >= 15 is 0 Å². The molecule has 5 heteroatoms. The number of nitrogens with two attached hydrogens (primary N) is 1. The van der Waals surface area contributed by atoms with Gasteiger partial charge in [0.1, 0.15) is 5.75 Å². The van der Waals surface area contributed by atoms with E-state index in [0.717, 1.165) is 38.4 Å². The Balaban J connectivity index is 0.00000220. The molecular weight excluding hydrogens is 377 g/mol. The molecule has 4 nitrogen and oxygen atoms in total. The van der Waals surface area contributed by atoms with E-state index in [1.165, 1.54) is 18.4 Å². The van der Waals surface area contributed by atoms with Crippen molar-refractivity contribution in [2.75, 3.05) is 19.6 Å². The molecule has 0 radical (unpaired) electrons. The predicted molar refractivity (Wildman–Crippen MR) is 98.3 cm³/mol. The highest BCUT2D eigenvalue weighted by Gasteiger charge is 2.17. The molecule has 0 aliphatic carbocycles. The molecule has 1 heterocycles. The van der Waals surface area contributed by atoms with Crippen molar-refractivity contribution in [3.05, 3.63) is 29.8 Å². The molecule has 1 aromatic rings. The average Bonchev–Trinajstić information content (AvgIpc) is 2.45. The summed E-state index contributed by atoms with van der Waals surface area (Å²) in [4.78, 5) is 6.69. The van der Waals surface area contributed by atoms with Crippen LogP contribution in [-0.4, -0.2) is 35.6 Å². The van der Waals surface area contributed by atoms with Gasteiger partial charge in [-0.2, -0.15) is 0 Å². The molecule has 118 valence electrons. The molecule has 1 unspecified atom stereocenters. The molecular formula is C16H26IN3O. The number of aryl methyl sites for hydroxylation is 1. The highest BCUT2D eigenvalue weighted by Crippen LogP contribution is 2.15. The van der Waals surface area contributed by atoms with Gasteiger partial charge in [-0.1, -0.05) is 19.1 Å². The second-order valence-electron chi connectivity index (χ2n) is 5.70. The van der Waals surface area contributed by atoms with Gasteiger partial charge in [0.2, 0.25) is 0 Å². The van der Waals surface area contributed by atoms with Crippen LogP contribution in [0.25, 0.3) is 0 Å². The normalized spacial score (nSPS) is 19.2. The zero-order chi connectivity index (χ0) is 14.4. The van der Waals surface area contributed by atoms with Crippen LogP contribution >= 0.6 is 24.0 Å². The van der Waals surface area contributed by atoms with E-state index in [9.17, 15) is 5.11 Å². The molecule has 21 heavy (non-hydrogen) atoms. The molecule has 0 saturated carbocycles. The summed E-state index contributed by atoms with van der Waals surface area (Å²) in [5.74, 6) is 1.73. The Morgan fingerprint density at radius 3 is 2.76 bits per heavy atom. The molecule has 1 fully saturated rings. The minimum Gasteiger partial charge on any atom is -0.508 e. The minimum atomic E-state index is 0. The number of guanidine groups is 1. The largest absolute Gasteiger partial charge is 0.508 e. The van der Waals surface area contributed by atoms with E-state index in [0.29, 0.717) is 11.7 Å². The van der Waals surface area contributed by atoms with E-state index in [4.69, 9.17) is 5.73 Å². The lowest BCUT2D eigenvalue weighted by Gasteiger charge is -2.31. The number of phenols is 1. The number of hydrogen-bond acceptors (Lipinski definition) is 2. The fourth-order valence-electron chi connectivity index (χ4n) is 2.64. The second kappa shape index (κ2) is 9.12. The van der Waals surface area contributed by atoms with Crippen molar-refractivity contribution in [2.24, 2.45) is 16.6 Å². The number of halogens is 1. The number of aromatic hydroxyl groups is 1. The van der Waals surface area contributed by atoms with Crippen LogP contribution in [0.5, 0.6) is 5.75 Å². The van der Waals surface area contributed by atoms with Crippen molar-refractivity contribution >= 4 is 29.9 Å². The van der Waals surface area contributed by atoms with Crippen LogP contribution in [0, 0.1) is 5.92 Å². The molecule has 1 aliphatic heterocycles. The molecule has 0 aromatic heterocycles. The molecule has 1 saturated heterocycles. The lowest BCUT2D eigenvalue weighted by atomic mass is 10.0. The number of hydrogen-bond donors (Lipinski definition) is 2. The summed E-state index contributed by atoms with van der Waals surface area (Å²) in [6, 6.07) is 7.35. The summed E-state index contributed by atoms with van der Waals surface area (Å²) < 4.78 is 0. The molecule has 1 aliphatic rings. The van der Waals surface area contributed by atoms with Gasteiger partial charge in [0.05, 0.1) is 0 Å². The quantitative estimate of drug-likeness (QED) is 0.352. The lowest BCUT2D eigenvalue weighted by Crippen LogP contribution is -2.43. The van der Waals surface area contributed by atoms with Crippen LogP contribution in [0.3, 0.4) is 0 Å². The first-order valence-corrected chi connectivity index (χ1v) is 7.48. The van der Waals surface area contributed by atoms with Crippen LogP contribution in [0.1, 0.15) is 31.7 Å². The Kier molecular flexibility index (Phi) is 7.85. The van der Waals surface area contributed by atoms with Crippen molar-refractivity contribution < 1.29 is 5.11 Å². The summed E-state index contributed by atoms with van der Waals surface area (Å²) in [6.45, 7) is 5.10. The van der Waals surface area contributed by atoms with E-state index in [-0.39, 0.29) is 24.0 Å². The van der Waals surface area contributed by atoms with Crippen LogP contribution < -0.4 is 5.73 Å². The van der Waals surface area contributed by atoms with Crippen LogP contribution in [0.15, 0.2) is 29.3 Å². The number of likely N-dealkylation sites (tertiary alicyclic amines) is 1. The van der Waals surface area contributed by atoms with E-state index < -0.39 is 0 Å². The monoisotopic (exact) mass is 403 g/mol. The van der Waals surface area contributed by atoms with E-state index in [1.54, 1.807) is 12.1 Å². The smallest absolute Gasteiger partial charge is 0.191 e. The van der Waals surface area contributed by atoms with Crippen molar-refractivity contribution in [3.8, 4) is 5.75 Å². The first kappa shape index (κ1) is 18.1. The minimum absolute atomic E-state index is 0. The Hall–Kier alpha value is -0.980. The molecule has 0 spiro atoms. The van der Waals surface area contributed by atoms with Crippen LogP contribution in [0.4, 0.5) is 0 Å². The summed E-state index contributed by atoms with van der Waals surface area (Å²) in [5, 5.41) is 9.22. The fraction of sp³-hybridized carbons (Fsp3) is 0.562. The zero-order valence-corrected chi connectivity index (χ0v) is 15.0. The van der Waals surface area contributed by atoms with Gasteiger partial charge in [0.15, 0.2) is 5.96 Å². The molecule has 0 bridgehead atoms. The van der Waals surface area contributed by atoms with Gasteiger partial charge in [0.25, 0.3) is 0 Å². The van der Waals surface area contributed by atoms with Crippen molar-refractivity contribution in [3.63, 3.8) is 0 Å². The van der Waals surface area contributed by atoms with Crippen molar-refractivity contribution in [1.29, 1.82) is 0 Å². The fourth-order valence-corrected chi connectivity index (χ4v) is 2.64. The highest BCUT2D eigenvalue weighted by atomic mass is 127. The SMILES string of the molecule is CC1CCCN(C(N)=NCCCc2ccc(O)cc2)C1.I. The van der Waals surface area contributed by atoms with Gasteiger partial charge in [-0.25, -0.2) is 0 Å². The summed E-state index contributed by atoms with van der Waals surface area (Å²) >= 11 is 0. The zero-order valence-electron chi connectivity index (χ0n) is 12.7. The molecule has 3 N–H and O–H groups in total. The Bertz CT molecular complexity index is 447. The van der Waals surface area contributed by atoms with Gasteiger partial charge in [-0.3, -0.25) is 4.99 Å². The maximum absolute atomic E-state index is 9.22. The highest BCUT2D eigenvalue weighted by molar-refractivity contribution is 14.0. The first-order chi connectivity index (χ1) is 9.65. The van der Waals surface area contributed by atoms with E-state index in [1.807, 2.05) is 12.1 Å². The second-order valence-corrected chi connectivity index (χ2v) is 5.70. The lowest BCUT2D eigenvalue weighted by molar-refractivity contribution is 0.270. The summed E-state index contributed by atoms with van der Waals surface area (Å²) in [6.07, 6.45) is 4.46. The van der Waals surface area contributed by atoms with E-state index in [2.05, 4.69) is 16.8 Å². The van der Waals surface area contributed by atoms with Crippen molar-refractivity contribution in [2.45, 2.75) is 32.6 Å². The average molecular weight is 403 g/mol. The van der Waals surface area contributed by atoms with Gasteiger partial charge in [-0.15, -0.1) is 24.0 Å². The van der Waals surface area contributed by atoms with Gasteiger partial charge in [0, 0.05) is 19.6 Å². The molecule has 2 rings (SSSR count). The predicted octanol–water partition coefficient (Wildman–Crippen LogP) is 2.99. The number of phenolic OH excluding ortho intramolecular Hbond substituents is 1. The number of rotatable bonds is 4. The molecule has 1 atom stereocenters. The summed E-state index contributed by atoms with van der Waals surface area (Å²) in [7, 11) is 0. The van der Waals surface area contributed by atoms with Crippen LogP contribution in [0.2, 0.25) is 0 Å². The first-order valence-electron chi connectivity index (χ1n) is 7.48. The Labute approximate surface area is 144 Å². The third-order valence-corrected chi connectivity index (χ3v) is 3.81.